The van der Waals surface area contributed by atoms with Gasteiger partial charge in [-0.25, -0.2) is 0 Å². The molecule has 0 aliphatic rings. The van der Waals surface area contributed by atoms with E-state index < -0.39 is 21.6 Å². The predicted molar refractivity (Wildman–Crippen MR) is 116 cm³/mol. The summed E-state index contributed by atoms with van der Waals surface area (Å²) >= 11 is -4.32. The van der Waals surface area contributed by atoms with Gasteiger partial charge in [0.2, 0.25) is 0 Å². The molecular weight excluding hydrogens is 557 g/mol. The van der Waals surface area contributed by atoms with Crippen molar-refractivity contribution >= 4 is 36.7 Å². The first kappa shape index (κ1) is 19.3. The summed E-state index contributed by atoms with van der Waals surface area (Å²) in [5.74, 6) is 0.104. The molecule has 0 atom stereocenters. The van der Waals surface area contributed by atoms with Gasteiger partial charge in [-0.1, -0.05) is 0 Å². The van der Waals surface area contributed by atoms with Crippen molar-refractivity contribution in [1.82, 2.24) is 0 Å². The fourth-order valence-corrected chi connectivity index (χ4v) is 17.6. The summed E-state index contributed by atoms with van der Waals surface area (Å²) in [6.07, 6.45) is 0. The van der Waals surface area contributed by atoms with Gasteiger partial charge in [0.05, 0.1) is 0 Å². The molecule has 4 rings (SSSR count). The van der Waals surface area contributed by atoms with Crippen LogP contribution in [0, 0.1) is 4.91 Å². The normalized spacial score (nSPS) is 11.0. The van der Waals surface area contributed by atoms with Crippen molar-refractivity contribution in [2.24, 2.45) is 0 Å². The number of phenolic OH excluding ortho intramolecular Hbond substituents is 1. The topological polar surface area (TPSA) is 49.5 Å². The summed E-state index contributed by atoms with van der Waals surface area (Å²) in [5.41, 5.74) is 0.343. The van der Waals surface area contributed by atoms with Crippen LogP contribution in [0.2, 0.25) is 0 Å². The molecule has 0 saturated carbocycles. The molecule has 142 valence electrons. The molecule has 29 heavy (non-hydrogen) atoms. The molecule has 0 aromatic heterocycles. The Kier molecular flexibility index (Phi) is 5.71. The Morgan fingerprint density at radius 1 is 0.586 bits per heavy atom. The molecule has 0 aliphatic heterocycles. The quantitative estimate of drug-likeness (QED) is 0.283. The average Bonchev–Trinajstić information content (AvgIpc) is 2.79. The average molecular weight is 578 g/mol. The standard InChI is InChI=1S/C6H5NO3.3C6H5.Pb/c8-6-3-1-5(2-4-6)7(9)10;3*1-2-4-6-5-3-1;/h1-4,8H;3*1-5H;/q;;;;+1. The third-order valence-electron chi connectivity index (χ3n) is 4.82. The minimum atomic E-state index is -4.32. The maximum atomic E-state index is 13.2. The summed E-state index contributed by atoms with van der Waals surface area (Å²) < 4.78 is 9.60. The number of benzene rings is 4. The molecule has 0 radical (unpaired) electrons. The first-order valence-electron chi connectivity index (χ1n) is 9.32. The van der Waals surface area contributed by atoms with Gasteiger partial charge in [-0.2, -0.15) is 0 Å². The van der Waals surface area contributed by atoms with Crippen molar-refractivity contribution in [1.29, 1.82) is 0 Å². The van der Waals surface area contributed by atoms with Crippen LogP contribution < -0.4 is 9.37 Å². The SMILES string of the molecule is O=[N+]([O][Pb]([c]1ccccc1)([c]1ccccc1)[c]1ccccc1)c1ccc(O)cc1. The van der Waals surface area contributed by atoms with Crippen molar-refractivity contribution in [3.05, 3.63) is 120 Å². The molecule has 4 nitrogen and oxygen atoms in total. The van der Waals surface area contributed by atoms with E-state index in [2.05, 4.69) is 0 Å². The van der Waals surface area contributed by atoms with Gasteiger partial charge in [0.25, 0.3) is 0 Å². The molecule has 1 N–H and O–H groups in total. The molecule has 0 bridgehead atoms. The summed E-state index contributed by atoms with van der Waals surface area (Å²) in [6.45, 7) is 0. The zero-order chi connectivity index (χ0) is 20.1. The second kappa shape index (κ2) is 8.57. The van der Waals surface area contributed by atoms with Crippen LogP contribution in [-0.4, -0.2) is 31.7 Å². The Labute approximate surface area is 174 Å². The molecular formula is C24H20NO3Pb+. The van der Waals surface area contributed by atoms with Gasteiger partial charge in [-0.05, 0) is 0 Å². The first-order chi connectivity index (χ1) is 14.2. The first-order valence-corrected chi connectivity index (χ1v) is 16.7. The van der Waals surface area contributed by atoms with Crippen LogP contribution in [0.4, 0.5) is 5.69 Å². The fraction of sp³-hybridized carbons (Fsp3) is 0. The zero-order valence-electron chi connectivity index (χ0n) is 15.7. The van der Waals surface area contributed by atoms with Crippen LogP contribution in [-0.2, 0) is 2.79 Å². The van der Waals surface area contributed by atoms with E-state index in [1.165, 1.54) is 12.1 Å². The molecule has 0 spiro atoms. The van der Waals surface area contributed by atoms with E-state index >= 15 is 0 Å². The molecule has 0 heterocycles. The van der Waals surface area contributed by atoms with Crippen molar-refractivity contribution in [3.8, 4) is 5.75 Å². The van der Waals surface area contributed by atoms with Gasteiger partial charge in [-0.3, -0.25) is 0 Å². The van der Waals surface area contributed by atoms with Crippen molar-refractivity contribution in [2.75, 3.05) is 0 Å². The summed E-state index contributed by atoms with van der Waals surface area (Å²) in [5, 5.41) is 9.56. The van der Waals surface area contributed by atoms with Crippen LogP contribution in [0.3, 0.4) is 0 Å². The van der Waals surface area contributed by atoms with Crippen LogP contribution in [0.1, 0.15) is 0 Å². The number of rotatable bonds is 6. The predicted octanol–water partition coefficient (Wildman–Crippen LogP) is 3.40. The molecule has 0 saturated heterocycles. The van der Waals surface area contributed by atoms with Gasteiger partial charge >= 0.3 is 175 Å². The number of aromatic hydroxyl groups is 1. The molecule has 4 aromatic carbocycles. The van der Waals surface area contributed by atoms with Crippen LogP contribution in [0.15, 0.2) is 115 Å². The van der Waals surface area contributed by atoms with E-state index in [-0.39, 0.29) is 5.75 Å². The molecule has 4 aromatic rings. The third-order valence-corrected chi connectivity index (χ3v) is 19.9. The second-order valence-electron chi connectivity index (χ2n) is 6.64. The minimum absolute atomic E-state index is 0.104. The monoisotopic (exact) mass is 578 g/mol. The van der Waals surface area contributed by atoms with Gasteiger partial charge in [0, 0.05) is 0 Å². The number of phenols is 1. The van der Waals surface area contributed by atoms with Crippen LogP contribution >= 0.6 is 0 Å². The number of hydrogen-bond acceptors (Lipinski definition) is 3. The van der Waals surface area contributed by atoms with E-state index in [4.69, 9.17) is 2.79 Å². The second-order valence-corrected chi connectivity index (χ2v) is 19.4. The Bertz CT molecular complexity index is 989. The summed E-state index contributed by atoms with van der Waals surface area (Å²) in [4.78, 5) is 13.8. The number of nitrogens with zero attached hydrogens (tertiary/aromatic N) is 1. The van der Waals surface area contributed by atoms with E-state index in [1.807, 2.05) is 91.0 Å². The summed E-state index contributed by atoms with van der Waals surface area (Å²) in [7, 11) is 0. The van der Waals surface area contributed by atoms with Crippen LogP contribution in [0.5, 0.6) is 5.75 Å². The van der Waals surface area contributed by atoms with Gasteiger partial charge in [0.1, 0.15) is 0 Å². The fourth-order valence-electron chi connectivity index (χ4n) is 3.43. The van der Waals surface area contributed by atoms with Crippen molar-refractivity contribution in [3.63, 3.8) is 0 Å². The summed E-state index contributed by atoms with van der Waals surface area (Å²) in [6, 6.07) is 36.1. The third kappa shape index (κ3) is 3.93. The Morgan fingerprint density at radius 3 is 1.34 bits per heavy atom. The Balaban J connectivity index is 1.92. The van der Waals surface area contributed by atoms with Crippen molar-refractivity contribution < 1.29 is 12.8 Å². The maximum absolute atomic E-state index is 13.2. The Morgan fingerprint density at radius 2 is 0.966 bits per heavy atom. The van der Waals surface area contributed by atoms with Crippen molar-refractivity contribution in [2.45, 2.75) is 0 Å². The molecule has 0 fully saturated rings. The molecule has 5 heteroatoms. The van der Waals surface area contributed by atoms with Gasteiger partial charge in [0.15, 0.2) is 0 Å². The van der Waals surface area contributed by atoms with Gasteiger partial charge in [-0.15, -0.1) is 0 Å². The molecule has 0 aliphatic carbocycles. The van der Waals surface area contributed by atoms with Gasteiger partial charge < -0.3 is 0 Å². The van der Waals surface area contributed by atoms with E-state index in [0.717, 1.165) is 9.37 Å². The molecule has 0 amide bonds. The van der Waals surface area contributed by atoms with E-state index in [0.29, 0.717) is 10.6 Å². The van der Waals surface area contributed by atoms with E-state index in [1.54, 1.807) is 12.1 Å². The van der Waals surface area contributed by atoms with E-state index in [9.17, 15) is 10.0 Å². The molecule has 0 unspecified atom stereocenters. The zero-order valence-corrected chi connectivity index (χ0v) is 19.6. The Hall–Kier alpha value is -3.00. The van der Waals surface area contributed by atoms with Crippen LogP contribution in [0.25, 0.3) is 0 Å². The number of hydrogen-bond donors (Lipinski definition) is 1.